The molecule has 0 bridgehead atoms. The zero-order chi connectivity index (χ0) is 9.94. The summed E-state index contributed by atoms with van der Waals surface area (Å²) >= 11 is -0.880. The van der Waals surface area contributed by atoms with Crippen molar-refractivity contribution < 1.29 is 9.90 Å². The van der Waals surface area contributed by atoms with E-state index in [1.807, 2.05) is 13.8 Å². The molecule has 1 unspecified atom stereocenters. The van der Waals surface area contributed by atoms with Crippen LogP contribution < -0.4 is 5.73 Å². The number of carboxylic acids is 1. The number of hydrogen-bond donors (Lipinski definition) is 2. The second kappa shape index (κ2) is 4.54. The van der Waals surface area contributed by atoms with E-state index < -0.39 is 25.5 Å². The second-order valence-electron chi connectivity index (χ2n) is 3.32. The molecular weight excluding hydrogens is 237 g/mol. The molecule has 0 saturated carbocycles. The summed E-state index contributed by atoms with van der Waals surface area (Å²) in [4.78, 5) is 10.6. The van der Waals surface area contributed by atoms with Crippen molar-refractivity contribution in [3.8, 4) is 0 Å². The minimum absolute atomic E-state index is 0.338. The Labute approximate surface area is 81.3 Å². The summed E-state index contributed by atoms with van der Waals surface area (Å²) in [6, 6.07) is -0.765. The van der Waals surface area contributed by atoms with Crippen molar-refractivity contribution in [3.63, 3.8) is 0 Å². The maximum atomic E-state index is 10.6. The predicted molar refractivity (Wildman–Crippen MR) is 54.8 cm³/mol. The Balaban J connectivity index is 4.28. The van der Waals surface area contributed by atoms with E-state index in [1.165, 1.54) is 0 Å². The second-order valence-corrected chi connectivity index (χ2v) is 12.9. The summed E-state index contributed by atoms with van der Waals surface area (Å²) in [7, 11) is 1.73. The molecule has 0 aromatic carbocycles. The molecule has 0 aromatic heterocycles. The van der Waals surface area contributed by atoms with Crippen molar-refractivity contribution in [3.05, 3.63) is 0 Å². The van der Waals surface area contributed by atoms with Crippen molar-refractivity contribution in [1.82, 2.24) is 0 Å². The monoisotopic (exact) mass is 253 g/mol. The summed E-state index contributed by atoms with van der Waals surface area (Å²) in [5, 5.41) is 8.71. The molecule has 0 aromatic rings. The van der Waals surface area contributed by atoms with E-state index in [0.717, 1.165) is 0 Å². The molecule has 12 heavy (non-hydrogen) atoms. The normalized spacial score (nSPS) is 14.8. The molecule has 3 N–H and O–H groups in total. The molecule has 0 saturated heterocycles. The van der Waals surface area contributed by atoms with E-state index in [4.69, 9.17) is 10.8 Å². The molecule has 0 heterocycles. The first-order valence-corrected chi connectivity index (χ1v) is 10.4. The van der Waals surface area contributed by atoms with Gasteiger partial charge in [-0.15, -0.1) is 0 Å². The molecule has 0 rings (SSSR count). The van der Waals surface area contributed by atoms with Crippen LogP contribution in [0.5, 0.6) is 0 Å². The molecule has 0 aliphatic carbocycles. The molecule has 0 radical (unpaired) electrons. The first-order chi connectivity index (χ1) is 5.27. The molecule has 0 aliphatic heterocycles. The maximum absolute atomic E-state index is 10.6. The van der Waals surface area contributed by atoms with Crippen LogP contribution in [0.4, 0.5) is 0 Å². The molecule has 0 amide bonds. The third kappa shape index (κ3) is 3.83. The predicted octanol–water partition coefficient (Wildman–Crippen LogP) is 1.16. The Morgan fingerprint density at radius 3 is 2.25 bits per heavy atom. The van der Waals surface area contributed by atoms with Crippen LogP contribution in [0, 0.1) is 0 Å². The molecular formula is C7H16AsNO2S. The van der Waals surface area contributed by atoms with Gasteiger partial charge in [-0.1, -0.05) is 0 Å². The van der Waals surface area contributed by atoms with Gasteiger partial charge in [0, 0.05) is 0 Å². The standard InChI is InChI=1S/C7H16AsNO2S/c1-7(2,12-8(3)4)5(9)6(10)11/h5H,9H2,1-4H3,(H,10,11). The van der Waals surface area contributed by atoms with Gasteiger partial charge in [-0.2, -0.15) is 0 Å². The fourth-order valence-corrected chi connectivity index (χ4v) is 8.62. The van der Waals surface area contributed by atoms with E-state index in [9.17, 15) is 4.79 Å². The fourth-order valence-electron chi connectivity index (χ4n) is 0.825. The van der Waals surface area contributed by atoms with Crippen LogP contribution >= 0.6 is 10.0 Å². The van der Waals surface area contributed by atoms with Crippen LogP contribution in [-0.4, -0.2) is 35.4 Å². The minimum atomic E-state index is -0.914. The first kappa shape index (κ1) is 12.3. The molecule has 0 spiro atoms. The molecule has 1 atom stereocenters. The average Bonchev–Trinajstić information content (AvgIpc) is 1.82. The van der Waals surface area contributed by atoms with Crippen molar-refractivity contribution in [2.24, 2.45) is 5.73 Å². The summed E-state index contributed by atoms with van der Waals surface area (Å²) < 4.78 is -0.338. The Morgan fingerprint density at radius 2 is 2.00 bits per heavy atom. The average molecular weight is 253 g/mol. The van der Waals surface area contributed by atoms with Gasteiger partial charge in [-0.05, 0) is 0 Å². The number of rotatable bonds is 4. The third-order valence-electron chi connectivity index (χ3n) is 1.43. The van der Waals surface area contributed by atoms with Gasteiger partial charge >= 0.3 is 81.2 Å². The van der Waals surface area contributed by atoms with Gasteiger partial charge in [0.15, 0.2) is 0 Å². The van der Waals surface area contributed by atoms with Crippen LogP contribution in [-0.2, 0) is 4.79 Å². The quantitative estimate of drug-likeness (QED) is 0.738. The van der Waals surface area contributed by atoms with Gasteiger partial charge in [0.1, 0.15) is 0 Å². The van der Waals surface area contributed by atoms with Crippen molar-refractivity contribution >= 4 is 29.5 Å². The van der Waals surface area contributed by atoms with Crippen molar-refractivity contribution in [1.29, 1.82) is 0 Å². The van der Waals surface area contributed by atoms with Crippen molar-refractivity contribution in [2.45, 2.75) is 36.1 Å². The number of aliphatic carboxylic acids is 1. The van der Waals surface area contributed by atoms with Crippen LogP contribution in [0.3, 0.4) is 0 Å². The van der Waals surface area contributed by atoms with Crippen molar-refractivity contribution in [2.75, 3.05) is 0 Å². The van der Waals surface area contributed by atoms with Crippen LogP contribution in [0.15, 0.2) is 0 Å². The Bertz CT molecular complexity index is 173. The van der Waals surface area contributed by atoms with Gasteiger partial charge in [-0.3, -0.25) is 0 Å². The van der Waals surface area contributed by atoms with E-state index in [0.29, 0.717) is 0 Å². The summed E-state index contributed by atoms with van der Waals surface area (Å²) in [5.41, 5.74) is 9.89. The van der Waals surface area contributed by atoms with E-state index in [-0.39, 0.29) is 4.75 Å². The van der Waals surface area contributed by atoms with Crippen LogP contribution in [0.1, 0.15) is 13.8 Å². The number of carbonyl (C=O) groups is 1. The first-order valence-electron chi connectivity index (χ1n) is 3.62. The summed E-state index contributed by atoms with van der Waals surface area (Å²) in [6.07, 6.45) is 0. The topological polar surface area (TPSA) is 63.3 Å². The summed E-state index contributed by atoms with van der Waals surface area (Å²) in [6.45, 7) is 3.79. The Hall–Kier alpha value is 0.338. The molecule has 72 valence electrons. The van der Waals surface area contributed by atoms with Gasteiger partial charge in [-0.25, -0.2) is 0 Å². The Kier molecular flexibility index (Phi) is 4.67. The van der Waals surface area contributed by atoms with E-state index in [2.05, 4.69) is 11.4 Å². The van der Waals surface area contributed by atoms with Gasteiger partial charge in [0.25, 0.3) is 0 Å². The fraction of sp³-hybridized carbons (Fsp3) is 0.857. The van der Waals surface area contributed by atoms with Crippen LogP contribution in [0.2, 0.25) is 11.4 Å². The molecule has 0 fully saturated rings. The Morgan fingerprint density at radius 1 is 1.58 bits per heavy atom. The third-order valence-corrected chi connectivity index (χ3v) is 7.78. The molecule has 5 heteroatoms. The van der Waals surface area contributed by atoms with Gasteiger partial charge in [0.2, 0.25) is 0 Å². The zero-order valence-electron chi connectivity index (χ0n) is 7.87. The van der Waals surface area contributed by atoms with Gasteiger partial charge in [0.05, 0.1) is 0 Å². The van der Waals surface area contributed by atoms with E-state index >= 15 is 0 Å². The van der Waals surface area contributed by atoms with Crippen LogP contribution in [0.25, 0.3) is 0 Å². The number of hydrogen-bond acceptors (Lipinski definition) is 3. The van der Waals surface area contributed by atoms with Gasteiger partial charge < -0.3 is 0 Å². The summed E-state index contributed by atoms with van der Waals surface area (Å²) in [5.74, 6) is -0.914. The zero-order valence-corrected chi connectivity index (χ0v) is 10.6. The SMILES string of the molecule is C[As](C)SC(C)(C)C(N)C(=O)O. The van der Waals surface area contributed by atoms with E-state index in [1.54, 1.807) is 10.0 Å². The molecule has 3 nitrogen and oxygen atoms in total. The number of carboxylic acid groups (broad SMARTS) is 1. The number of nitrogens with two attached hydrogens (primary N) is 1. The molecule has 0 aliphatic rings.